The monoisotopic (exact) mass is 312 g/mol. The van der Waals surface area contributed by atoms with Gasteiger partial charge >= 0.3 is 6.03 Å². The SMILES string of the molecule is CO[C@]1(C)C[C@H](NC(=O)NC[C@@H](O)c2cccs2)C1(C)C. The number of carbonyl (C=O) groups is 1. The molecule has 2 amide bonds. The van der Waals surface area contributed by atoms with Crippen LogP contribution in [0.1, 0.15) is 38.2 Å². The average Bonchev–Trinajstić information content (AvgIpc) is 2.98. The number of nitrogens with one attached hydrogen (secondary N) is 2. The second kappa shape index (κ2) is 5.94. The summed E-state index contributed by atoms with van der Waals surface area (Å²) in [6, 6.07) is 3.56. The van der Waals surface area contributed by atoms with Crippen LogP contribution in [0.2, 0.25) is 0 Å². The van der Waals surface area contributed by atoms with Crippen LogP contribution >= 0.6 is 11.3 Å². The lowest BCUT2D eigenvalue weighted by molar-refractivity contribution is -0.177. The molecule has 118 valence electrons. The predicted octanol–water partition coefficient (Wildman–Crippen LogP) is 2.28. The van der Waals surface area contributed by atoms with Gasteiger partial charge in [0, 0.05) is 23.4 Å². The first-order valence-electron chi connectivity index (χ1n) is 7.11. The van der Waals surface area contributed by atoms with Crippen molar-refractivity contribution < 1.29 is 14.6 Å². The fraction of sp³-hybridized carbons (Fsp3) is 0.667. The summed E-state index contributed by atoms with van der Waals surface area (Å²) in [4.78, 5) is 12.8. The second-order valence-electron chi connectivity index (χ2n) is 6.30. The number of carbonyl (C=O) groups excluding carboxylic acids is 1. The largest absolute Gasteiger partial charge is 0.386 e. The van der Waals surface area contributed by atoms with E-state index in [9.17, 15) is 9.90 Å². The molecule has 3 N–H and O–H groups in total. The Morgan fingerprint density at radius 3 is 2.81 bits per heavy atom. The van der Waals surface area contributed by atoms with Crippen LogP contribution < -0.4 is 10.6 Å². The third-order valence-electron chi connectivity index (χ3n) is 4.91. The van der Waals surface area contributed by atoms with Gasteiger partial charge in [0.2, 0.25) is 0 Å². The third kappa shape index (κ3) is 3.07. The summed E-state index contributed by atoms with van der Waals surface area (Å²) in [5, 5.41) is 17.5. The molecular weight excluding hydrogens is 288 g/mol. The molecule has 0 bridgehead atoms. The van der Waals surface area contributed by atoms with Crippen LogP contribution in [-0.2, 0) is 4.74 Å². The standard InChI is InChI=1S/C15H24N2O3S/c1-14(2)12(8-15(14,3)20-4)17-13(19)16-9-10(18)11-6-5-7-21-11/h5-7,10,12,18H,8-9H2,1-4H3,(H2,16,17,19)/t10-,12+,15-/m1/s1. The van der Waals surface area contributed by atoms with Gasteiger partial charge in [-0.05, 0) is 24.8 Å². The van der Waals surface area contributed by atoms with E-state index in [1.807, 2.05) is 17.5 Å². The molecular formula is C15H24N2O3S. The van der Waals surface area contributed by atoms with Gasteiger partial charge in [-0.2, -0.15) is 0 Å². The molecule has 0 unspecified atom stereocenters. The normalized spacial score (nSPS) is 28.5. The molecule has 5 nitrogen and oxygen atoms in total. The van der Waals surface area contributed by atoms with Crippen LogP contribution in [0.3, 0.4) is 0 Å². The number of hydrogen-bond acceptors (Lipinski definition) is 4. The third-order valence-corrected chi connectivity index (χ3v) is 5.88. The van der Waals surface area contributed by atoms with E-state index in [4.69, 9.17) is 4.74 Å². The average molecular weight is 312 g/mol. The smallest absolute Gasteiger partial charge is 0.315 e. The summed E-state index contributed by atoms with van der Waals surface area (Å²) < 4.78 is 5.54. The minimum atomic E-state index is -0.658. The Morgan fingerprint density at radius 1 is 1.57 bits per heavy atom. The fourth-order valence-electron chi connectivity index (χ4n) is 2.70. The zero-order valence-electron chi connectivity index (χ0n) is 13.0. The minimum Gasteiger partial charge on any atom is -0.386 e. The molecule has 3 atom stereocenters. The van der Waals surface area contributed by atoms with Gasteiger partial charge in [0.15, 0.2) is 0 Å². The lowest BCUT2D eigenvalue weighted by Gasteiger charge is -2.59. The number of thiophene rings is 1. The van der Waals surface area contributed by atoms with Crippen LogP contribution in [0.25, 0.3) is 0 Å². The summed E-state index contributed by atoms with van der Waals surface area (Å²) >= 11 is 1.48. The van der Waals surface area contributed by atoms with Gasteiger partial charge in [0.1, 0.15) is 6.10 Å². The van der Waals surface area contributed by atoms with Crippen molar-refractivity contribution in [3.05, 3.63) is 22.4 Å². The zero-order valence-corrected chi connectivity index (χ0v) is 13.8. The maximum Gasteiger partial charge on any atom is 0.315 e. The first-order valence-corrected chi connectivity index (χ1v) is 7.99. The summed E-state index contributed by atoms with van der Waals surface area (Å²) in [5.41, 5.74) is -0.327. The van der Waals surface area contributed by atoms with Gasteiger partial charge in [0.05, 0.1) is 12.1 Å². The van der Waals surface area contributed by atoms with Crippen molar-refractivity contribution in [1.82, 2.24) is 10.6 Å². The molecule has 1 aliphatic rings. The van der Waals surface area contributed by atoms with E-state index >= 15 is 0 Å². The molecule has 21 heavy (non-hydrogen) atoms. The van der Waals surface area contributed by atoms with Crippen molar-refractivity contribution in [2.45, 2.75) is 44.9 Å². The Bertz CT molecular complexity index is 489. The molecule has 1 saturated carbocycles. The molecule has 1 aliphatic carbocycles. The number of urea groups is 1. The Balaban J connectivity index is 1.79. The van der Waals surface area contributed by atoms with Crippen LogP contribution in [-0.4, -0.2) is 36.4 Å². The van der Waals surface area contributed by atoms with Crippen molar-refractivity contribution >= 4 is 17.4 Å². The summed E-state index contributed by atoms with van der Waals surface area (Å²) in [5.74, 6) is 0. The molecule has 6 heteroatoms. The second-order valence-corrected chi connectivity index (χ2v) is 7.28. The number of amides is 2. The van der Waals surface area contributed by atoms with Gasteiger partial charge in [-0.25, -0.2) is 4.79 Å². The Morgan fingerprint density at radius 2 is 2.29 bits per heavy atom. The Kier molecular flexibility index (Phi) is 4.60. The van der Waals surface area contributed by atoms with E-state index < -0.39 is 6.10 Å². The van der Waals surface area contributed by atoms with Crippen LogP contribution in [0.15, 0.2) is 17.5 Å². The van der Waals surface area contributed by atoms with E-state index in [0.717, 1.165) is 11.3 Å². The number of aliphatic hydroxyl groups is 1. The highest BCUT2D eigenvalue weighted by molar-refractivity contribution is 7.10. The van der Waals surface area contributed by atoms with Gasteiger partial charge < -0.3 is 20.5 Å². The summed E-state index contributed by atoms with van der Waals surface area (Å²) in [6.45, 7) is 6.45. The number of hydrogen-bond donors (Lipinski definition) is 3. The van der Waals surface area contributed by atoms with Crippen molar-refractivity contribution in [3.8, 4) is 0 Å². The molecule has 0 spiro atoms. The van der Waals surface area contributed by atoms with E-state index in [2.05, 4.69) is 31.4 Å². The minimum absolute atomic E-state index is 0.0707. The van der Waals surface area contributed by atoms with Crippen molar-refractivity contribution in [3.63, 3.8) is 0 Å². The lowest BCUT2D eigenvalue weighted by Crippen LogP contribution is -2.69. The van der Waals surface area contributed by atoms with Crippen LogP contribution in [0.5, 0.6) is 0 Å². The van der Waals surface area contributed by atoms with Gasteiger partial charge in [-0.3, -0.25) is 0 Å². The van der Waals surface area contributed by atoms with E-state index in [-0.39, 0.29) is 29.6 Å². The highest BCUT2D eigenvalue weighted by atomic mass is 32.1. The maximum absolute atomic E-state index is 11.9. The number of ether oxygens (including phenoxy) is 1. The quantitative estimate of drug-likeness (QED) is 0.781. The number of aliphatic hydroxyl groups excluding tert-OH is 1. The number of methoxy groups -OCH3 is 1. The molecule has 1 aromatic heterocycles. The summed E-state index contributed by atoms with van der Waals surface area (Å²) in [7, 11) is 1.70. The Labute approximate surface area is 129 Å². The van der Waals surface area contributed by atoms with Crippen LogP contribution in [0, 0.1) is 5.41 Å². The van der Waals surface area contributed by atoms with Crippen molar-refractivity contribution in [2.75, 3.05) is 13.7 Å². The van der Waals surface area contributed by atoms with Gasteiger partial charge in [-0.15, -0.1) is 11.3 Å². The predicted molar refractivity (Wildman–Crippen MR) is 83.4 cm³/mol. The van der Waals surface area contributed by atoms with Crippen LogP contribution in [0.4, 0.5) is 4.79 Å². The van der Waals surface area contributed by atoms with E-state index in [1.165, 1.54) is 11.3 Å². The molecule has 2 rings (SSSR count). The highest BCUT2D eigenvalue weighted by Crippen LogP contribution is 2.51. The summed E-state index contributed by atoms with van der Waals surface area (Å²) in [6.07, 6.45) is 0.131. The molecule has 1 aromatic rings. The number of rotatable bonds is 5. The molecule has 1 heterocycles. The Hall–Kier alpha value is -1.11. The van der Waals surface area contributed by atoms with Gasteiger partial charge in [-0.1, -0.05) is 19.9 Å². The fourth-order valence-corrected chi connectivity index (χ4v) is 3.41. The van der Waals surface area contributed by atoms with Crippen molar-refractivity contribution in [1.29, 1.82) is 0 Å². The van der Waals surface area contributed by atoms with Gasteiger partial charge in [0.25, 0.3) is 0 Å². The zero-order chi connectivity index (χ0) is 15.7. The first kappa shape index (κ1) is 16.3. The topological polar surface area (TPSA) is 70.6 Å². The van der Waals surface area contributed by atoms with E-state index in [1.54, 1.807) is 7.11 Å². The molecule has 0 aliphatic heterocycles. The maximum atomic E-state index is 11.9. The molecule has 0 saturated heterocycles. The molecule has 0 aromatic carbocycles. The molecule has 1 fully saturated rings. The van der Waals surface area contributed by atoms with E-state index in [0.29, 0.717) is 0 Å². The first-order chi connectivity index (χ1) is 9.80. The van der Waals surface area contributed by atoms with Crippen molar-refractivity contribution in [2.24, 2.45) is 5.41 Å². The molecule has 0 radical (unpaired) electrons. The highest BCUT2D eigenvalue weighted by Gasteiger charge is 2.58. The lowest BCUT2D eigenvalue weighted by atomic mass is 9.56.